The number of fused-ring (bicyclic) bond motifs is 1. The van der Waals surface area contributed by atoms with Gasteiger partial charge in [-0.2, -0.15) is 0 Å². The topological polar surface area (TPSA) is 60.9 Å². The average molecular weight is 370 g/mol. The Morgan fingerprint density at radius 1 is 1.11 bits per heavy atom. The molecule has 144 valence electrons. The van der Waals surface area contributed by atoms with Gasteiger partial charge in [-0.15, -0.1) is 0 Å². The number of carbonyl (C=O) groups excluding carboxylic acids is 1. The van der Waals surface area contributed by atoms with Gasteiger partial charge < -0.3 is 19.1 Å². The van der Waals surface area contributed by atoms with E-state index in [1.165, 1.54) is 0 Å². The third-order valence-corrected chi connectivity index (χ3v) is 4.70. The zero-order chi connectivity index (χ0) is 19.1. The number of rotatable bonds is 8. The number of methoxy groups -OCH3 is 2. The van der Waals surface area contributed by atoms with Gasteiger partial charge in [-0.3, -0.25) is 4.79 Å². The van der Waals surface area contributed by atoms with Crippen LogP contribution in [0.1, 0.15) is 23.2 Å². The molecule has 0 atom stereocenters. The van der Waals surface area contributed by atoms with Gasteiger partial charge in [0.15, 0.2) is 0 Å². The maximum absolute atomic E-state index is 12.6. The predicted octanol–water partition coefficient (Wildman–Crippen LogP) is 2.63. The van der Waals surface area contributed by atoms with Crippen LogP contribution in [0.4, 0.5) is 0 Å². The van der Waals surface area contributed by atoms with Crippen LogP contribution in [-0.2, 0) is 28.9 Å². The van der Waals surface area contributed by atoms with Crippen molar-refractivity contribution in [1.82, 2.24) is 9.88 Å². The lowest BCUT2D eigenvalue weighted by atomic mass is 10.0. The number of ether oxygens (including phenoxy) is 3. The third-order valence-electron chi connectivity index (χ3n) is 4.70. The van der Waals surface area contributed by atoms with Gasteiger partial charge in [-0.1, -0.05) is 18.2 Å². The van der Waals surface area contributed by atoms with Crippen molar-refractivity contribution in [3.8, 4) is 11.6 Å². The molecule has 1 aliphatic heterocycles. The molecule has 6 heteroatoms. The first-order valence-electron chi connectivity index (χ1n) is 9.21. The van der Waals surface area contributed by atoms with E-state index in [1.54, 1.807) is 14.2 Å². The normalized spacial score (nSPS) is 13.2. The Morgan fingerprint density at radius 2 is 1.93 bits per heavy atom. The fraction of sp³-hybridized carbons (Fsp3) is 0.429. The van der Waals surface area contributed by atoms with E-state index in [-0.39, 0.29) is 5.91 Å². The van der Waals surface area contributed by atoms with Crippen LogP contribution < -0.4 is 9.47 Å². The summed E-state index contributed by atoms with van der Waals surface area (Å²) in [6.45, 7) is 2.33. The molecule has 1 aromatic carbocycles. The Bertz CT molecular complexity index is 761. The second kappa shape index (κ2) is 9.37. The lowest BCUT2D eigenvalue weighted by Gasteiger charge is -2.28. The van der Waals surface area contributed by atoms with Gasteiger partial charge in [-0.05, 0) is 29.7 Å². The van der Waals surface area contributed by atoms with Crippen molar-refractivity contribution >= 4 is 5.91 Å². The summed E-state index contributed by atoms with van der Waals surface area (Å²) in [5.74, 6) is 1.62. The first-order valence-corrected chi connectivity index (χ1v) is 9.21. The molecule has 0 bridgehead atoms. The van der Waals surface area contributed by atoms with Crippen LogP contribution in [0.25, 0.3) is 0 Å². The molecule has 1 aromatic heterocycles. The standard InChI is InChI=1S/C21H26N2O4/c1-25-13-14-27-20-9-6-17-15-23(12-11-19(17)22-20)21(24)10-5-16-3-7-18(26-2)8-4-16/h3-4,6-9H,5,10-15H2,1-2H3. The summed E-state index contributed by atoms with van der Waals surface area (Å²) < 4.78 is 15.7. The molecule has 0 fully saturated rings. The fourth-order valence-electron chi connectivity index (χ4n) is 3.12. The SMILES string of the molecule is COCCOc1ccc2c(n1)CCN(C(=O)CCc1ccc(OC)cc1)C2. The molecular weight excluding hydrogens is 344 g/mol. The molecule has 3 rings (SSSR count). The van der Waals surface area contributed by atoms with Gasteiger partial charge >= 0.3 is 0 Å². The number of aromatic nitrogens is 1. The van der Waals surface area contributed by atoms with Crippen molar-refractivity contribution in [2.45, 2.75) is 25.8 Å². The van der Waals surface area contributed by atoms with Crippen LogP contribution in [0.2, 0.25) is 0 Å². The Morgan fingerprint density at radius 3 is 2.67 bits per heavy atom. The second-order valence-corrected chi connectivity index (χ2v) is 6.51. The summed E-state index contributed by atoms with van der Waals surface area (Å²) in [5.41, 5.74) is 3.25. The number of carbonyl (C=O) groups is 1. The van der Waals surface area contributed by atoms with Crippen LogP contribution in [0.3, 0.4) is 0 Å². The molecule has 1 aliphatic rings. The van der Waals surface area contributed by atoms with Crippen LogP contribution >= 0.6 is 0 Å². The van der Waals surface area contributed by atoms with E-state index in [4.69, 9.17) is 14.2 Å². The first kappa shape index (κ1) is 19.2. The molecule has 1 amide bonds. The number of amides is 1. The molecule has 2 heterocycles. The van der Waals surface area contributed by atoms with E-state index in [1.807, 2.05) is 41.3 Å². The lowest BCUT2D eigenvalue weighted by molar-refractivity contribution is -0.132. The molecular formula is C21H26N2O4. The number of nitrogens with zero attached hydrogens (tertiary/aromatic N) is 2. The minimum atomic E-state index is 0.178. The van der Waals surface area contributed by atoms with Crippen molar-refractivity contribution in [3.05, 3.63) is 53.2 Å². The molecule has 27 heavy (non-hydrogen) atoms. The highest BCUT2D eigenvalue weighted by Gasteiger charge is 2.21. The highest BCUT2D eigenvalue weighted by atomic mass is 16.5. The van der Waals surface area contributed by atoms with E-state index in [0.717, 1.165) is 35.4 Å². The number of aryl methyl sites for hydroxylation is 1. The van der Waals surface area contributed by atoms with E-state index in [9.17, 15) is 4.79 Å². The van der Waals surface area contributed by atoms with Gasteiger partial charge in [0.2, 0.25) is 11.8 Å². The Labute approximate surface area is 160 Å². The fourth-order valence-corrected chi connectivity index (χ4v) is 3.12. The Kier molecular flexibility index (Phi) is 6.65. The molecule has 0 radical (unpaired) electrons. The van der Waals surface area contributed by atoms with E-state index < -0.39 is 0 Å². The van der Waals surface area contributed by atoms with E-state index in [0.29, 0.717) is 38.6 Å². The van der Waals surface area contributed by atoms with Gasteiger partial charge in [0.1, 0.15) is 12.4 Å². The molecule has 0 spiro atoms. The van der Waals surface area contributed by atoms with Crippen LogP contribution in [-0.4, -0.2) is 49.8 Å². The molecule has 6 nitrogen and oxygen atoms in total. The molecule has 0 saturated carbocycles. The van der Waals surface area contributed by atoms with Crippen molar-refractivity contribution in [2.75, 3.05) is 34.0 Å². The van der Waals surface area contributed by atoms with Gasteiger partial charge in [0, 0.05) is 39.1 Å². The van der Waals surface area contributed by atoms with Gasteiger partial charge in [0.05, 0.1) is 19.4 Å². The van der Waals surface area contributed by atoms with Gasteiger partial charge in [-0.25, -0.2) is 4.98 Å². The maximum Gasteiger partial charge on any atom is 0.223 e. The number of pyridine rings is 1. The van der Waals surface area contributed by atoms with E-state index in [2.05, 4.69) is 4.98 Å². The summed E-state index contributed by atoms with van der Waals surface area (Å²) in [4.78, 5) is 19.1. The van der Waals surface area contributed by atoms with E-state index >= 15 is 0 Å². The van der Waals surface area contributed by atoms with Crippen molar-refractivity contribution in [1.29, 1.82) is 0 Å². The monoisotopic (exact) mass is 370 g/mol. The maximum atomic E-state index is 12.6. The quantitative estimate of drug-likeness (QED) is 0.669. The molecule has 2 aromatic rings. The van der Waals surface area contributed by atoms with Crippen LogP contribution in [0.15, 0.2) is 36.4 Å². The van der Waals surface area contributed by atoms with Crippen LogP contribution in [0.5, 0.6) is 11.6 Å². The molecule has 0 unspecified atom stereocenters. The highest BCUT2D eigenvalue weighted by Crippen LogP contribution is 2.21. The molecule has 0 saturated heterocycles. The summed E-state index contributed by atoms with van der Waals surface area (Å²) in [5, 5.41) is 0. The second-order valence-electron chi connectivity index (χ2n) is 6.51. The first-order chi connectivity index (χ1) is 13.2. The number of benzene rings is 1. The minimum Gasteiger partial charge on any atom is -0.497 e. The van der Waals surface area contributed by atoms with Crippen LogP contribution in [0, 0.1) is 0 Å². The summed E-state index contributed by atoms with van der Waals surface area (Å²) in [6, 6.07) is 11.7. The highest BCUT2D eigenvalue weighted by molar-refractivity contribution is 5.76. The largest absolute Gasteiger partial charge is 0.497 e. The zero-order valence-electron chi connectivity index (χ0n) is 15.9. The smallest absolute Gasteiger partial charge is 0.223 e. The minimum absolute atomic E-state index is 0.178. The summed E-state index contributed by atoms with van der Waals surface area (Å²) >= 11 is 0. The lowest BCUT2D eigenvalue weighted by Crippen LogP contribution is -2.36. The Balaban J connectivity index is 1.52. The Hall–Kier alpha value is -2.60. The summed E-state index contributed by atoms with van der Waals surface area (Å²) in [6.07, 6.45) is 2.00. The van der Waals surface area contributed by atoms with Crippen molar-refractivity contribution in [2.24, 2.45) is 0 Å². The predicted molar refractivity (Wildman–Crippen MR) is 102 cm³/mol. The number of hydrogen-bond donors (Lipinski definition) is 0. The molecule has 0 aliphatic carbocycles. The zero-order valence-corrected chi connectivity index (χ0v) is 15.9. The summed E-state index contributed by atoms with van der Waals surface area (Å²) in [7, 11) is 3.29. The molecule has 0 N–H and O–H groups in total. The average Bonchev–Trinajstić information content (AvgIpc) is 2.72. The number of hydrogen-bond acceptors (Lipinski definition) is 5. The third kappa shape index (κ3) is 5.20. The van der Waals surface area contributed by atoms with Crippen molar-refractivity contribution < 1.29 is 19.0 Å². The van der Waals surface area contributed by atoms with Crippen molar-refractivity contribution in [3.63, 3.8) is 0 Å². The van der Waals surface area contributed by atoms with Gasteiger partial charge in [0.25, 0.3) is 0 Å².